The summed E-state index contributed by atoms with van der Waals surface area (Å²) in [7, 11) is 0. The van der Waals surface area contributed by atoms with Crippen LogP contribution in [0.3, 0.4) is 0 Å². The van der Waals surface area contributed by atoms with Gasteiger partial charge in [-0.1, -0.05) is 19.9 Å². The van der Waals surface area contributed by atoms with E-state index in [-0.39, 0.29) is 6.10 Å². The Bertz CT molecular complexity index is 291. The normalized spacial score (nSPS) is 12.9. The Morgan fingerprint density at radius 1 is 1.29 bits per heavy atom. The predicted molar refractivity (Wildman–Crippen MR) is 67.6 cm³/mol. The van der Waals surface area contributed by atoms with E-state index in [1.54, 1.807) is 6.20 Å². The lowest BCUT2D eigenvalue weighted by Crippen LogP contribution is -2.19. The summed E-state index contributed by atoms with van der Waals surface area (Å²) in [6.45, 7) is 6.59. The standard InChI is InChI=1S/C13H22N2O2/c1-11(2)10-16-7-8-17-13(9-14)12-5-3-4-6-15-12/h3-6,11,13H,7-10,14H2,1-2H3. The van der Waals surface area contributed by atoms with Gasteiger partial charge in [-0.3, -0.25) is 4.98 Å². The van der Waals surface area contributed by atoms with Crippen molar-refractivity contribution in [3.05, 3.63) is 30.1 Å². The van der Waals surface area contributed by atoms with Gasteiger partial charge >= 0.3 is 0 Å². The van der Waals surface area contributed by atoms with Gasteiger partial charge in [-0.15, -0.1) is 0 Å². The van der Waals surface area contributed by atoms with E-state index in [0.717, 1.165) is 12.3 Å². The summed E-state index contributed by atoms with van der Waals surface area (Å²) < 4.78 is 11.1. The maximum absolute atomic E-state index is 5.66. The van der Waals surface area contributed by atoms with Crippen LogP contribution < -0.4 is 5.73 Å². The molecule has 0 aliphatic carbocycles. The van der Waals surface area contributed by atoms with E-state index in [0.29, 0.717) is 25.7 Å². The summed E-state index contributed by atoms with van der Waals surface area (Å²) in [5.74, 6) is 0.552. The molecule has 0 bridgehead atoms. The monoisotopic (exact) mass is 238 g/mol. The van der Waals surface area contributed by atoms with Crippen LogP contribution in [0.25, 0.3) is 0 Å². The molecule has 0 amide bonds. The molecule has 0 radical (unpaired) electrons. The molecule has 1 rings (SSSR count). The number of pyridine rings is 1. The topological polar surface area (TPSA) is 57.4 Å². The number of rotatable bonds is 8. The molecule has 0 fully saturated rings. The van der Waals surface area contributed by atoms with Gasteiger partial charge in [-0.2, -0.15) is 0 Å². The van der Waals surface area contributed by atoms with Crippen LogP contribution in [0.2, 0.25) is 0 Å². The van der Waals surface area contributed by atoms with Crippen molar-refractivity contribution in [2.24, 2.45) is 11.7 Å². The van der Waals surface area contributed by atoms with Crippen molar-refractivity contribution in [2.45, 2.75) is 20.0 Å². The van der Waals surface area contributed by atoms with Crippen molar-refractivity contribution in [3.8, 4) is 0 Å². The lowest BCUT2D eigenvalue weighted by Gasteiger charge is -2.15. The van der Waals surface area contributed by atoms with E-state index in [1.807, 2.05) is 18.2 Å². The highest BCUT2D eigenvalue weighted by Gasteiger charge is 2.10. The molecule has 1 atom stereocenters. The molecule has 2 N–H and O–H groups in total. The minimum absolute atomic E-state index is 0.140. The van der Waals surface area contributed by atoms with E-state index in [1.165, 1.54) is 0 Å². The zero-order valence-corrected chi connectivity index (χ0v) is 10.6. The maximum atomic E-state index is 5.66. The second-order valence-corrected chi connectivity index (χ2v) is 4.32. The molecule has 17 heavy (non-hydrogen) atoms. The van der Waals surface area contributed by atoms with Crippen LogP contribution in [0, 0.1) is 5.92 Å². The van der Waals surface area contributed by atoms with E-state index < -0.39 is 0 Å². The molecular formula is C13H22N2O2. The minimum Gasteiger partial charge on any atom is -0.379 e. The molecule has 0 aliphatic rings. The Hall–Kier alpha value is -0.970. The summed E-state index contributed by atoms with van der Waals surface area (Å²) in [5.41, 5.74) is 6.54. The predicted octanol–water partition coefficient (Wildman–Crippen LogP) is 1.77. The quantitative estimate of drug-likeness (QED) is 0.701. The maximum Gasteiger partial charge on any atom is 0.112 e. The lowest BCUT2D eigenvalue weighted by atomic mass is 10.2. The van der Waals surface area contributed by atoms with Crippen LogP contribution >= 0.6 is 0 Å². The third kappa shape index (κ3) is 5.77. The van der Waals surface area contributed by atoms with Crippen molar-refractivity contribution >= 4 is 0 Å². The molecule has 4 heteroatoms. The minimum atomic E-state index is -0.140. The van der Waals surface area contributed by atoms with Gasteiger partial charge in [0, 0.05) is 19.3 Å². The zero-order chi connectivity index (χ0) is 12.5. The molecule has 0 aromatic carbocycles. The number of aromatic nitrogens is 1. The molecule has 0 aliphatic heterocycles. The Labute approximate surface area is 103 Å². The van der Waals surface area contributed by atoms with Gasteiger partial charge in [-0.05, 0) is 18.1 Å². The van der Waals surface area contributed by atoms with Gasteiger partial charge in [0.05, 0.1) is 18.9 Å². The molecule has 96 valence electrons. The van der Waals surface area contributed by atoms with E-state index in [4.69, 9.17) is 15.2 Å². The Morgan fingerprint density at radius 2 is 2.12 bits per heavy atom. The number of ether oxygens (including phenoxy) is 2. The van der Waals surface area contributed by atoms with Gasteiger partial charge in [0.2, 0.25) is 0 Å². The van der Waals surface area contributed by atoms with Crippen LogP contribution in [0.5, 0.6) is 0 Å². The fourth-order valence-electron chi connectivity index (χ4n) is 1.41. The fraction of sp³-hybridized carbons (Fsp3) is 0.615. The molecule has 0 saturated heterocycles. The van der Waals surface area contributed by atoms with Crippen LogP contribution in [0.15, 0.2) is 24.4 Å². The Balaban J connectivity index is 2.24. The molecular weight excluding hydrogens is 216 g/mol. The van der Waals surface area contributed by atoms with Crippen LogP contribution in [-0.2, 0) is 9.47 Å². The molecule has 0 saturated carbocycles. The van der Waals surface area contributed by atoms with E-state index in [2.05, 4.69) is 18.8 Å². The SMILES string of the molecule is CC(C)COCCOC(CN)c1ccccn1. The Morgan fingerprint density at radius 3 is 2.71 bits per heavy atom. The third-order valence-corrected chi connectivity index (χ3v) is 2.23. The Kier molecular flexibility index (Phi) is 6.77. The first-order chi connectivity index (χ1) is 8.24. The summed E-state index contributed by atoms with van der Waals surface area (Å²) in [4.78, 5) is 4.23. The van der Waals surface area contributed by atoms with Crippen molar-refractivity contribution in [3.63, 3.8) is 0 Å². The van der Waals surface area contributed by atoms with Crippen LogP contribution in [0.1, 0.15) is 25.6 Å². The summed E-state index contributed by atoms with van der Waals surface area (Å²) in [6, 6.07) is 5.74. The van der Waals surface area contributed by atoms with E-state index in [9.17, 15) is 0 Å². The number of hydrogen-bond acceptors (Lipinski definition) is 4. The number of nitrogens with zero attached hydrogens (tertiary/aromatic N) is 1. The van der Waals surface area contributed by atoms with E-state index >= 15 is 0 Å². The highest BCUT2D eigenvalue weighted by molar-refractivity contribution is 5.07. The fourth-order valence-corrected chi connectivity index (χ4v) is 1.41. The van der Waals surface area contributed by atoms with Crippen LogP contribution in [-0.4, -0.2) is 31.3 Å². The molecule has 1 heterocycles. The first kappa shape index (κ1) is 14.1. The average Bonchev–Trinajstić information content (AvgIpc) is 2.34. The molecule has 0 spiro atoms. The smallest absolute Gasteiger partial charge is 0.112 e. The van der Waals surface area contributed by atoms with Crippen molar-refractivity contribution in [2.75, 3.05) is 26.4 Å². The summed E-state index contributed by atoms with van der Waals surface area (Å²) in [6.07, 6.45) is 1.61. The zero-order valence-electron chi connectivity index (χ0n) is 10.6. The van der Waals surface area contributed by atoms with Crippen molar-refractivity contribution in [1.29, 1.82) is 0 Å². The first-order valence-electron chi connectivity index (χ1n) is 6.04. The van der Waals surface area contributed by atoms with Crippen molar-refractivity contribution in [1.82, 2.24) is 4.98 Å². The molecule has 4 nitrogen and oxygen atoms in total. The van der Waals surface area contributed by atoms with Gasteiger partial charge in [-0.25, -0.2) is 0 Å². The number of hydrogen-bond donors (Lipinski definition) is 1. The highest BCUT2D eigenvalue weighted by Crippen LogP contribution is 2.12. The second-order valence-electron chi connectivity index (χ2n) is 4.32. The number of nitrogens with two attached hydrogens (primary N) is 1. The van der Waals surface area contributed by atoms with Gasteiger partial charge in [0.25, 0.3) is 0 Å². The third-order valence-electron chi connectivity index (χ3n) is 2.23. The molecule has 1 aromatic rings. The van der Waals surface area contributed by atoms with Gasteiger partial charge in [0.15, 0.2) is 0 Å². The van der Waals surface area contributed by atoms with Crippen LogP contribution in [0.4, 0.5) is 0 Å². The summed E-state index contributed by atoms with van der Waals surface area (Å²) in [5, 5.41) is 0. The largest absolute Gasteiger partial charge is 0.379 e. The highest BCUT2D eigenvalue weighted by atomic mass is 16.5. The first-order valence-corrected chi connectivity index (χ1v) is 6.04. The van der Waals surface area contributed by atoms with Crippen molar-refractivity contribution < 1.29 is 9.47 Å². The van der Waals surface area contributed by atoms with Gasteiger partial charge in [0.1, 0.15) is 6.10 Å². The summed E-state index contributed by atoms with van der Waals surface area (Å²) >= 11 is 0. The average molecular weight is 238 g/mol. The lowest BCUT2D eigenvalue weighted by molar-refractivity contribution is 0.000257. The molecule has 1 unspecified atom stereocenters. The molecule has 1 aromatic heterocycles. The van der Waals surface area contributed by atoms with Gasteiger partial charge < -0.3 is 15.2 Å². The second kappa shape index (κ2) is 8.17.